The van der Waals surface area contributed by atoms with E-state index in [0.29, 0.717) is 18.7 Å². The number of benzene rings is 1. The second kappa shape index (κ2) is 8.00. The topological polar surface area (TPSA) is 81.1 Å². The average Bonchev–Trinajstić information content (AvgIpc) is 2.42. The molecule has 102 valence electrons. The van der Waals surface area contributed by atoms with E-state index in [9.17, 15) is 4.79 Å². The van der Waals surface area contributed by atoms with Gasteiger partial charge in [0.15, 0.2) is 0 Å². The van der Waals surface area contributed by atoms with Gasteiger partial charge >= 0.3 is 0 Å². The number of hydrogen-bond donors (Lipinski definition) is 1. The van der Waals surface area contributed by atoms with Crippen LogP contribution in [0.25, 0.3) is 10.4 Å². The van der Waals surface area contributed by atoms with Crippen LogP contribution in [0.1, 0.15) is 23.2 Å². The van der Waals surface area contributed by atoms with Crippen molar-refractivity contribution in [2.45, 2.75) is 12.8 Å². The van der Waals surface area contributed by atoms with E-state index in [1.807, 2.05) is 43.3 Å². The number of nitrogens with one attached hydrogen (secondary N) is 1. The van der Waals surface area contributed by atoms with Crippen LogP contribution in [0.15, 0.2) is 29.4 Å². The number of nitrogens with zero attached hydrogens (tertiary/aromatic N) is 4. The molecule has 0 bridgehead atoms. The van der Waals surface area contributed by atoms with Crippen LogP contribution in [0.2, 0.25) is 0 Å². The number of azide groups is 1. The van der Waals surface area contributed by atoms with Gasteiger partial charge in [-0.3, -0.25) is 4.79 Å². The van der Waals surface area contributed by atoms with Gasteiger partial charge in [-0.05, 0) is 42.6 Å². The maximum Gasteiger partial charge on any atom is 0.251 e. The van der Waals surface area contributed by atoms with Gasteiger partial charge in [0.2, 0.25) is 0 Å². The molecule has 1 N–H and O–H groups in total. The highest BCUT2D eigenvalue weighted by atomic mass is 16.1. The van der Waals surface area contributed by atoms with Crippen LogP contribution in [0.3, 0.4) is 0 Å². The van der Waals surface area contributed by atoms with Crippen LogP contribution in [-0.2, 0) is 0 Å². The zero-order chi connectivity index (χ0) is 14.1. The first-order valence-electron chi connectivity index (χ1n) is 6.21. The smallest absolute Gasteiger partial charge is 0.251 e. The highest BCUT2D eigenvalue weighted by molar-refractivity contribution is 5.94. The molecule has 0 radical (unpaired) electrons. The molecule has 6 nitrogen and oxygen atoms in total. The number of carbonyl (C=O) groups is 1. The van der Waals surface area contributed by atoms with Crippen molar-refractivity contribution in [1.82, 2.24) is 5.32 Å². The second-order valence-electron chi connectivity index (χ2n) is 4.36. The number of anilines is 1. The van der Waals surface area contributed by atoms with Crippen molar-refractivity contribution in [1.29, 1.82) is 0 Å². The van der Waals surface area contributed by atoms with Gasteiger partial charge < -0.3 is 10.2 Å². The highest BCUT2D eigenvalue weighted by Crippen LogP contribution is 2.11. The van der Waals surface area contributed by atoms with E-state index in [1.165, 1.54) is 0 Å². The third kappa shape index (κ3) is 5.31. The Labute approximate surface area is 113 Å². The predicted molar refractivity (Wildman–Crippen MR) is 76.3 cm³/mol. The quantitative estimate of drug-likeness (QED) is 0.354. The standard InChI is InChI=1S/C13H19N5O/c1-18(2)12-7-5-11(6-8-12)13(19)15-9-3-4-10-16-17-14/h5-8H,3-4,9-10H2,1-2H3,(H,15,19). The van der Waals surface area contributed by atoms with Crippen LogP contribution in [-0.4, -0.2) is 33.1 Å². The molecule has 1 aromatic rings. The van der Waals surface area contributed by atoms with Crippen LogP contribution in [0.5, 0.6) is 0 Å². The van der Waals surface area contributed by atoms with Gasteiger partial charge in [0.25, 0.3) is 5.91 Å². The van der Waals surface area contributed by atoms with E-state index in [2.05, 4.69) is 15.3 Å². The number of amides is 1. The maximum atomic E-state index is 11.8. The lowest BCUT2D eigenvalue weighted by Gasteiger charge is -2.12. The Balaban J connectivity index is 2.35. The summed E-state index contributed by atoms with van der Waals surface area (Å²) in [5.74, 6) is -0.0749. The summed E-state index contributed by atoms with van der Waals surface area (Å²) < 4.78 is 0. The SMILES string of the molecule is CN(C)c1ccc(C(=O)NCCCCN=[N+]=[N-])cc1. The summed E-state index contributed by atoms with van der Waals surface area (Å²) in [5, 5.41) is 6.27. The second-order valence-corrected chi connectivity index (χ2v) is 4.36. The van der Waals surface area contributed by atoms with E-state index in [1.54, 1.807) is 0 Å². The van der Waals surface area contributed by atoms with Gasteiger partial charge in [-0.1, -0.05) is 5.11 Å². The number of unbranched alkanes of at least 4 members (excludes halogenated alkanes) is 1. The Morgan fingerprint density at radius 3 is 2.58 bits per heavy atom. The fraction of sp³-hybridized carbons (Fsp3) is 0.462. The molecular weight excluding hydrogens is 242 g/mol. The van der Waals surface area contributed by atoms with Gasteiger partial charge in [0.05, 0.1) is 0 Å². The molecule has 0 fully saturated rings. The van der Waals surface area contributed by atoms with Crippen LogP contribution in [0, 0.1) is 0 Å². The van der Waals surface area contributed by atoms with Crippen LogP contribution >= 0.6 is 0 Å². The minimum Gasteiger partial charge on any atom is -0.378 e. The molecule has 0 aromatic heterocycles. The Kier molecular flexibility index (Phi) is 6.26. The molecule has 1 aromatic carbocycles. The van der Waals surface area contributed by atoms with Crippen molar-refractivity contribution < 1.29 is 4.79 Å². The van der Waals surface area contributed by atoms with Crippen molar-refractivity contribution >= 4 is 11.6 Å². The minimum absolute atomic E-state index is 0.0749. The molecule has 0 aliphatic rings. The Morgan fingerprint density at radius 1 is 1.32 bits per heavy atom. The molecule has 19 heavy (non-hydrogen) atoms. The van der Waals surface area contributed by atoms with E-state index < -0.39 is 0 Å². The monoisotopic (exact) mass is 261 g/mol. The lowest BCUT2D eigenvalue weighted by molar-refractivity contribution is 0.0953. The highest BCUT2D eigenvalue weighted by Gasteiger charge is 2.04. The van der Waals surface area contributed by atoms with Crippen molar-refractivity contribution in [2.24, 2.45) is 5.11 Å². The molecule has 0 aliphatic heterocycles. The van der Waals surface area contributed by atoms with E-state index >= 15 is 0 Å². The molecule has 0 unspecified atom stereocenters. The first-order chi connectivity index (χ1) is 9.15. The maximum absolute atomic E-state index is 11.8. The molecule has 0 saturated heterocycles. The van der Waals surface area contributed by atoms with Gasteiger partial charge in [0.1, 0.15) is 0 Å². The van der Waals surface area contributed by atoms with Gasteiger partial charge in [-0.25, -0.2) is 0 Å². The van der Waals surface area contributed by atoms with Gasteiger partial charge in [-0.15, -0.1) is 0 Å². The average molecular weight is 261 g/mol. The summed E-state index contributed by atoms with van der Waals surface area (Å²) in [6, 6.07) is 7.45. The van der Waals surface area contributed by atoms with Crippen LogP contribution < -0.4 is 10.2 Å². The number of hydrogen-bond acceptors (Lipinski definition) is 3. The summed E-state index contributed by atoms with van der Waals surface area (Å²) in [5.41, 5.74) is 9.82. The summed E-state index contributed by atoms with van der Waals surface area (Å²) in [6.07, 6.45) is 1.59. The summed E-state index contributed by atoms with van der Waals surface area (Å²) >= 11 is 0. The lowest BCUT2D eigenvalue weighted by atomic mass is 10.2. The fourth-order valence-corrected chi connectivity index (χ4v) is 1.57. The van der Waals surface area contributed by atoms with E-state index in [4.69, 9.17) is 5.53 Å². The zero-order valence-corrected chi connectivity index (χ0v) is 11.3. The third-order valence-electron chi connectivity index (χ3n) is 2.68. The largest absolute Gasteiger partial charge is 0.378 e. The first kappa shape index (κ1) is 14.9. The van der Waals surface area contributed by atoms with Crippen molar-refractivity contribution in [2.75, 3.05) is 32.1 Å². The molecular formula is C13H19N5O. The molecule has 0 atom stereocenters. The van der Waals surface area contributed by atoms with Crippen molar-refractivity contribution in [3.63, 3.8) is 0 Å². The molecule has 1 rings (SSSR count). The molecule has 0 saturated carbocycles. The predicted octanol–water partition coefficient (Wildman–Crippen LogP) is 2.57. The van der Waals surface area contributed by atoms with E-state index in [-0.39, 0.29) is 5.91 Å². The number of rotatable bonds is 7. The van der Waals surface area contributed by atoms with Crippen LogP contribution in [0.4, 0.5) is 5.69 Å². The molecule has 1 amide bonds. The Morgan fingerprint density at radius 2 is 2.00 bits per heavy atom. The first-order valence-corrected chi connectivity index (χ1v) is 6.21. The molecule has 0 heterocycles. The summed E-state index contributed by atoms with van der Waals surface area (Å²) in [6.45, 7) is 1.07. The van der Waals surface area contributed by atoms with E-state index in [0.717, 1.165) is 18.5 Å². The lowest BCUT2D eigenvalue weighted by Crippen LogP contribution is -2.24. The Bertz CT molecular complexity index is 449. The van der Waals surface area contributed by atoms with Gasteiger partial charge in [0, 0.05) is 43.3 Å². The molecule has 6 heteroatoms. The number of carbonyl (C=O) groups excluding carboxylic acids is 1. The Hall–Kier alpha value is -2.20. The minimum atomic E-state index is -0.0749. The van der Waals surface area contributed by atoms with Crippen molar-refractivity contribution in [3.05, 3.63) is 40.3 Å². The summed E-state index contributed by atoms with van der Waals surface area (Å²) in [7, 11) is 3.91. The van der Waals surface area contributed by atoms with Gasteiger partial charge in [-0.2, -0.15) is 0 Å². The molecule has 0 spiro atoms. The fourth-order valence-electron chi connectivity index (χ4n) is 1.57. The van der Waals surface area contributed by atoms with Crippen molar-refractivity contribution in [3.8, 4) is 0 Å². The third-order valence-corrected chi connectivity index (χ3v) is 2.68. The normalized spacial score (nSPS) is 9.58. The zero-order valence-electron chi connectivity index (χ0n) is 11.3. The molecule has 0 aliphatic carbocycles. The summed E-state index contributed by atoms with van der Waals surface area (Å²) in [4.78, 5) is 16.5.